The Kier molecular flexibility index (Phi) is 35.7. The molecule has 5 aliphatic carbocycles. The molecular formula is C96H154O44. The second-order valence-corrected chi connectivity index (χ2v) is 43.8. The van der Waals surface area contributed by atoms with Gasteiger partial charge in [-0.2, -0.15) is 0 Å². The van der Waals surface area contributed by atoms with Crippen molar-refractivity contribution in [2.75, 3.05) is 33.0 Å². The van der Waals surface area contributed by atoms with Crippen LogP contribution in [0.25, 0.3) is 0 Å². The Labute approximate surface area is 812 Å². The molecule has 13 rings (SSSR count). The van der Waals surface area contributed by atoms with Crippen LogP contribution in [0.15, 0.2) is 48.6 Å². The molecule has 802 valence electrons. The first-order valence-electron chi connectivity index (χ1n) is 49.0. The van der Waals surface area contributed by atoms with E-state index in [2.05, 4.69) is 53.9 Å². The van der Waals surface area contributed by atoms with Crippen molar-refractivity contribution in [3.63, 3.8) is 0 Å². The topological polar surface area (TPSA) is 683 Å². The third-order valence-electron chi connectivity index (χ3n) is 33.8. The van der Waals surface area contributed by atoms with E-state index in [1.807, 2.05) is 13.8 Å². The number of hydrogen-bond donors (Lipinski definition) is 23. The van der Waals surface area contributed by atoms with Gasteiger partial charge in [-0.3, -0.25) is 9.59 Å². The van der Waals surface area contributed by atoms with Gasteiger partial charge in [0.15, 0.2) is 56.2 Å². The van der Waals surface area contributed by atoms with Crippen molar-refractivity contribution in [3.8, 4) is 0 Å². The monoisotopic (exact) mass is 2010 g/mol. The molecule has 0 aromatic carbocycles. The smallest absolute Gasteiger partial charge is 0.333 e. The molecule has 4 saturated carbocycles. The van der Waals surface area contributed by atoms with Crippen LogP contribution in [0, 0.1) is 56.2 Å². The van der Waals surface area contributed by atoms with Crippen molar-refractivity contribution in [3.05, 3.63) is 48.6 Å². The number of ether oxygens (including phenoxy) is 18. The number of carbonyl (C=O) groups is 3. The zero-order valence-electron chi connectivity index (χ0n) is 81.8. The summed E-state index contributed by atoms with van der Waals surface area (Å²) in [6, 6.07) is 0. The molecule has 0 aromatic rings. The Morgan fingerprint density at radius 2 is 1.01 bits per heavy atom. The summed E-state index contributed by atoms with van der Waals surface area (Å²) in [6.07, 6.45) is -60.4. The summed E-state index contributed by atoms with van der Waals surface area (Å²) in [4.78, 5) is 45.2. The van der Waals surface area contributed by atoms with Gasteiger partial charge in [0.2, 0.25) is 6.29 Å². The molecule has 13 aliphatic rings. The molecule has 8 aliphatic heterocycles. The molecule has 140 heavy (non-hydrogen) atoms. The lowest BCUT2D eigenvalue weighted by Gasteiger charge is -2.72. The largest absolute Gasteiger partial charge is 0.462 e. The summed E-state index contributed by atoms with van der Waals surface area (Å²) in [5.74, 6) is -4.90. The lowest BCUT2D eigenvalue weighted by molar-refractivity contribution is -0.390. The summed E-state index contributed by atoms with van der Waals surface area (Å²) in [5, 5.41) is 258. The average Bonchev–Trinajstić information content (AvgIpc) is 0.882. The Morgan fingerprint density at radius 1 is 0.500 bits per heavy atom. The number of fused-ring (bicyclic) bond motifs is 7. The van der Waals surface area contributed by atoms with Crippen LogP contribution in [0.4, 0.5) is 0 Å². The fourth-order valence-electron chi connectivity index (χ4n) is 24.4. The molecule has 51 atom stereocenters. The Bertz CT molecular complexity index is 4240. The van der Waals surface area contributed by atoms with Crippen LogP contribution >= 0.6 is 0 Å². The number of esters is 3. The first-order chi connectivity index (χ1) is 65.5. The van der Waals surface area contributed by atoms with Gasteiger partial charge in [0.1, 0.15) is 164 Å². The maximum Gasteiger partial charge on any atom is 0.333 e. The minimum absolute atomic E-state index is 0.0224. The first kappa shape index (κ1) is 113. The zero-order chi connectivity index (χ0) is 103. The number of carbonyl (C=O) groups excluding carboxylic acids is 3. The van der Waals surface area contributed by atoms with Gasteiger partial charge in [0, 0.05) is 17.4 Å². The van der Waals surface area contributed by atoms with E-state index in [0.29, 0.717) is 38.5 Å². The van der Waals surface area contributed by atoms with Gasteiger partial charge >= 0.3 is 17.9 Å². The molecule has 0 spiro atoms. The highest BCUT2D eigenvalue weighted by Gasteiger charge is 2.74. The molecule has 0 amide bonds. The van der Waals surface area contributed by atoms with Gasteiger partial charge in [-0.1, -0.05) is 85.3 Å². The molecule has 8 heterocycles. The molecule has 0 bridgehead atoms. The Balaban J connectivity index is 0.764. The predicted molar refractivity (Wildman–Crippen MR) is 475 cm³/mol. The van der Waals surface area contributed by atoms with Crippen molar-refractivity contribution < 1.29 is 217 Å². The number of allylic oxidation sites excluding steroid dienone is 3. The minimum Gasteiger partial charge on any atom is -0.462 e. The third kappa shape index (κ3) is 21.7. The molecular weight excluding hydrogens is 1860 g/mol. The third-order valence-corrected chi connectivity index (χ3v) is 33.8. The van der Waals surface area contributed by atoms with Crippen LogP contribution in [0.1, 0.15) is 180 Å². The maximum absolute atomic E-state index is 16.8. The van der Waals surface area contributed by atoms with Crippen molar-refractivity contribution in [1.82, 2.24) is 0 Å². The van der Waals surface area contributed by atoms with Gasteiger partial charge in [-0.15, -0.1) is 13.2 Å². The van der Waals surface area contributed by atoms with Crippen LogP contribution in [0.2, 0.25) is 0 Å². The normalized spacial score (nSPS) is 49.1. The van der Waals surface area contributed by atoms with E-state index in [4.69, 9.17) is 85.3 Å². The summed E-state index contributed by atoms with van der Waals surface area (Å²) >= 11 is 0. The molecule has 44 heteroatoms. The van der Waals surface area contributed by atoms with Gasteiger partial charge in [-0.05, 0) is 158 Å². The fourth-order valence-corrected chi connectivity index (χ4v) is 24.4. The van der Waals surface area contributed by atoms with Gasteiger partial charge < -0.3 is 203 Å². The molecule has 8 saturated heterocycles. The van der Waals surface area contributed by atoms with Crippen LogP contribution in [0.3, 0.4) is 0 Å². The number of rotatable bonds is 33. The van der Waals surface area contributed by atoms with E-state index in [1.165, 1.54) is 39.8 Å². The summed E-state index contributed by atoms with van der Waals surface area (Å²) < 4.78 is 110. The second kappa shape index (κ2) is 44.2. The van der Waals surface area contributed by atoms with Crippen molar-refractivity contribution in [2.24, 2.45) is 56.2 Å². The Morgan fingerprint density at radius 3 is 1.63 bits per heavy atom. The lowest BCUT2D eigenvalue weighted by Crippen LogP contribution is -2.70. The minimum atomic E-state index is -2.27. The Hall–Kier alpha value is -4.15. The van der Waals surface area contributed by atoms with Crippen molar-refractivity contribution >= 4 is 17.9 Å². The van der Waals surface area contributed by atoms with Crippen LogP contribution < -0.4 is 0 Å². The summed E-state index contributed by atoms with van der Waals surface area (Å²) in [6.45, 7) is 28.8. The SMILES string of the molecule is C=C[C@@](C)(O)CC/C=C(\C)C(=O)O[C@H]1[C@H](O)[C@@H](O)[C@H](O[C@](C)(C=C)CCC[C@@H](C)C(=O)O[C@@H]2C[C@]3(C(=O)O[C@@H]4O[C@H](CO)[C@@H](O)[C@H](O)[C@H]4O[C@H]4O[C@@H](C)[C@H](O[C@@H]5O[C@@H](CO)[C@H](O)[C@H]5O)[C@@H](O[C@@H]5O[C@H](CO)[C@@H](O)[C@H](O)[C@H]5O)[C@H]4O)[C@H](O)C[C@]4(C)C(=CC[C@@H]5[C@@]6(C)CC[C@H](O[C@@H]7O[C@H](CO[C@@H]8O[C@H](C)[C@H](O)[C@H](O)[C@H]8O[C@@H]8OC[C@@H](O)[C@H](O)[C@H]8O)[C@@H](O)[C@H](O)[C@H]7O)C(C)(C)[C@@H]6CC[C@]54C)[C@@H]3CC2(C)C)O[C@@H]1C. The number of aliphatic hydroxyl groups excluding tert-OH is 22. The van der Waals surface area contributed by atoms with E-state index in [1.54, 1.807) is 26.8 Å². The highest BCUT2D eigenvalue weighted by atomic mass is 16.8. The molecule has 0 unspecified atom stereocenters. The molecule has 12 fully saturated rings. The summed E-state index contributed by atoms with van der Waals surface area (Å²) in [5.41, 5.74) is -7.70. The highest BCUT2D eigenvalue weighted by molar-refractivity contribution is 5.88. The van der Waals surface area contributed by atoms with Crippen LogP contribution in [0.5, 0.6) is 0 Å². The van der Waals surface area contributed by atoms with E-state index in [0.717, 1.165) is 5.57 Å². The molecule has 44 nitrogen and oxygen atoms in total. The van der Waals surface area contributed by atoms with E-state index < -0.39 is 365 Å². The van der Waals surface area contributed by atoms with Crippen LogP contribution in [-0.4, -0.2) is 431 Å². The standard InChI is InChI=1S/C96H154O44/c1-17-91(12,122)27-19-21-40(4)79(120)134-73-42(6)127-85(71(117)66(73)112)140-92(13,18-2)28-20-22-39(3)78(119)132-55-33-96(88(121)139-87-77(65(111)59(105)48(35-98)130-87)138-84-72(118)75(136-83-70(116)62(108)58(104)47(34-97)128-83)74(43(7)126-84)135-82-68(114)60(106)49(36-99)129-82)45(31-89(55,8)9)44-23-24-52-93(14)29-26-54(90(10,11)51(93)25-30-94(52,15)95(44,16)32-53(96)101)133-81-69(115)63(109)61(107)50(131-81)38-124-86-76(64(110)56(102)41(5)125-86)137-80-67(113)57(103)46(100)37-123-80/h17-18,21,23,39,41-43,45-77,80-87,97-118,122H,1-2,19-20,22,24-38H2,3-16H3/b40-21+/t39-,41-,42-,43+,45+,46-,47-,48-,49+,50-,51+,52-,53-,54+,55-,56+,57+,58-,59-,60+,61-,62+,63+,64+,65+,66-,67-,68-,69-,70-,71-,72-,73-,74+,75+,76-,77-,80+,81+,82+,83+,84-,85+,86-,87+,91-,92-,93+,94-,95-,96-/m1/s1. The second-order valence-electron chi connectivity index (χ2n) is 43.8. The number of aliphatic hydroxyl groups is 23. The lowest BCUT2D eigenvalue weighted by atomic mass is 9.33. The van der Waals surface area contributed by atoms with Crippen LogP contribution in [-0.2, 0) is 99.6 Å². The predicted octanol–water partition coefficient (Wildman–Crippen LogP) is -3.93. The van der Waals surface area contributed by atoms with Gasteiger partial charge in [-0.25, -0.2) is 4.79 Å². The van der Waals surface area contributed by atoms with Crippen molar-refractivity contribution in [2.45, 2.75) is 443 Å². The molecule has 0 aromatic heterocycles. The highest BCUT2D eigenvalue weighted by Crippen LogP contribution is 2.76. The van der Waals surface area contributed by atoms with E-state index in [-0.39, 0.29) is 55.9 Å². The van der Waals surface area contributed by atoms with Gasteiger partial charge in [0.25, 0.3) is 0 Å². The number of hydrogen-bond acceptors (Lipinski definition) is 44. The van der Waals surface area contributed by atoms with Gasteiger partial charge in [0.05, 0.1) is 80.7 Å². The first-order valence-corrected chi connectivity index (χ1v) is 49.0. The quantitative estimate of drug-likeness (QED) is 0.00981. The maximum atomic E-state index is 16.8. The average molecular weight is 2010 g/mol. The van der Waals surface area contributed by atoms with Crippen molar-refractivity contribution in [1.29, 1.82) is 0 Å². The molecule has 0 radical (unpaired) electrons. The summed E-state index contributed by atoms with van der Waals surface area (Å²) in [7, 11) is 0. The fraction of sp³-hybridized carbons (Fsp3) is 0.885. The zero-order valence-corrected chi connectivity index (χ0v) is 81.8. The molecule has 23 N–H and O–H groups in total. The van der Waals surface area contributed by atoms with E-state index >= 15 is 9.59 Å². The van der Waals surface area contributed by atoms with E-state index in [9.17, 15) is 122 Å².